The molecule has 2 N–H and O–H groups in total. The van der Waals surface area contributed by atoms with Crippen molar-refractivity contribution in [2.24, 2.45) is 0 Å². The van der Waals surface area contributed by atoms with Gasteiger partial charge in [0.15, 0.2) is 0 Å². The van der Waals surface area contributed by atoms with Gasteiger partial charge < -0.3 is 10.0 Å². The topological polar surface area (TPSA) is 43.7 Å². The first kappa shape index (κ1) is 12.6. The van der Waals surface area contributed by atoms with Gasteiger partial charge in [-0.1, -0.05) is 24.3 Å². The van der Waals surface area contributed by atoms with Gasteiger partial charge >= 0.3 is 7.12 Å². The van der Waals surface area contributed by atoms with Crippen molar-refractivity contribution in [3.8, 4) is 0 Å². The Morgan fingerprint density at radius 1 is 1.18 bits per heavy atom. The van der Waals surface area contributed by atoms with Crippen molar-refractivity contribution >= 4 is 12.6 Å². The number of rotatable bonds is 3. The van der Waals surface area contributed by atoms with E-state index < -0.39 is 7.12 Å². The second-order valence-corrected chi connectivity index (χ2v) is 5.02. The molecular formula is C13H20BNO2. The van der Waals surface area contributed by atoms with Crippen LogP contribution in [0.5, 0.6) is 0 Å². The maximum atomic E-state index is 9.35. The predicted octanol–water partition coefficient (Wildman–Crippen LogP) is 0.739. The molecule has 0 saturated carbocycles. The molecule has 0 radical (unpaired) electrons. The molecule has 1 fully saturated rings. The normalized spacial score (nSPS) is 25.2. The van der Waals surface area contributed by atoms with Gasteiger partial charge in [-0.15, -0.1) is 0 Å². The van der Waals surface area contributed by atoms with Crippen molar-refractivity contribution in [3.05, 3.63) is 29.8 Å². The SMILES string of the molecule is C[C@H]1CC[C@H](C)N1Cc1ccccc1B(O)O. The largest absolute Gasteiger partial charge is 0.488 e. The Labute approximate surface area is 103 Å². The molecule has 4 heteroatoms. The third-order valence-electron chi connectivity index (χ3n) is 3.82. The highest BCUT2D eigenvalue weighted by atomic mass is 16.4. The molecule has 0 aliphatic carbocycles. The Hall–Kier alpha value is -0.835. The number of likely N-dealkylation sites (tertiary alicyclic amines) is 1. The van der Waals surface area contributed by atoms with Crippen molar-refractivity contribution < 1.29 is 10.0 Å². The van der Waals surface area contributed by atoms with Gasteiger partial charge in [-0.2, -0.15) is 0 Å². The number of nitrogens with zero attached hydrogens (tertiary/aromatic N) is 1. The lowest BCUT2D eigenvalue weighted by molar-refractivity contribution is 0.205. The van der Waals surface area contributed by atoms with E-state index in [1.54, 1.807) is 6.07 Å². The van der Waals surface area contributed by atoms with E-state index >= 15 is 0 Å². The number of hydrogen-bond donors (Lipinski definition) is 2. The van der Waals surface area contributed by atoms with Crippen LogP contribution in [0, 0.1) is 0 Å². The van der Waals surface area contributed by atoms with Crippen LogP contribution in [0.1, 0.15) is 32.3 Å². The fourth-order valence-corrected chi connectivity index (χ4v) is 2.69. The Kier molecular flexibility index (Phi) is 3.87. The summed E-state index contributed by atoms with van der Waals surface area (Å²) < 4.78 is 0. The minimum Gasteiger partial charge on any atom is -0.423 e. The zero-order chi connectivity index (χ0) is 12.4. The first-order chi connectivity index (χ1) is 8.09. The van der Waals surface area contributed by atoms with Gasteiger partial charge in [-0.05, 0) is 37.7 Å². The maximum absolute atomic E-state index is 9.35. The minimum atomic E-state index is -1.38. The van der Waals surface area contributed by atoms with Crippen LogP contribution in [0.3, 0.4) is 0 Å². The molecule has 1 aromatic carbocycles. The summed E-state index contributed by atoms with van der Waals surface area (Å²) in [6, 6.07) is 8.71. The lowest BCUT2D eigenvalue weighted by Gasteiger charge is -2.27. The van der Waals surface area contributed by atoms with Gasteiger partial charge in [0.2, 0.25) is 0 Å². The van der Waals surface area contributed by atoms with Gasteiger partial charge in [0, 0.05) is 18.6 Å². The van der Waals surface area contributed by atoms with Gasteiger partial charge in [0.25, 0.3) is 0 Å². The highest BCUT2D eigenvalue weighted by molar-refractivity contribution is 6.59. The first-order valence-corrected chi connectivity index (χ1v) is 6.29. The fourth-order valence-electron chi connectivity index (χ4n) is 2.69. The van der Waals surface area contributed by atoms with E-state index in [1.165, 1.54) is 12.8 Å². The Balaban J connectivity index is 2.18. The van der Waals surface area contributed by atoms with Crippen LogP contribution in [0.15, 0.2) is 24.3 Å². The molecule has 0 unspecified atom stereocenters. The van der Waals surface area contributed by atoms with Crippen LogP contribution in [-0.4, -0.2) is 34.2 Å². The summed E-state index contributed by atoms with van der Waals surface area (Å²) in [5.74, 6) is 0. The molecule has 17 heavy (non-hydrogen) atoms. The van der Waals surface area contributed by atoms with Gasteiger partial charge in [0.05, 0.1) is 0 Å². The van der Waals surface area contributed by atoms with Crippen molar-refractivity contribution in [2.75, 3.05) is 0 Å². The second-order valence-electron chi connectivity index (χ2n) is 5.02. The summed E-state index contributed by atoms with van der Waals surface area (Å²) in [5, 5.41) is 18.7. The lowest BCUT2D eigenvalue weighted by Crippen LogP contribution is -2.38. The zero-order valence-corrected chi connectivity index (χ0v) is 10.5. The first-order valence-electron chi connectivity index (χ1n) is 6.29. The van der Waals surface area contributed by atoms with Gasteiger partial charge in [-0.3, -0.25) is 4.90 Å². The Morgan fingerprint density at radius 3 is 2.35 bits per heavy atom. The maximum Gasteiger partial charge on any atom is 0.488 e. The zero-order valence-electron chi connectivity index (χ0n) is 10.5. The molecule has 1 aromatic rings. The highest BCUT2D eigenvalue weighted by Crippen LogP contribution is 2.25. The molecule has 0 spiro atoms. The van der Waals surface area contributed by atoms with E-state index in [-0.39, 0.29) is 0 Å². The van der Waals surface area contributed by atoms with E-state index in [0.29, 0.717) is 17.5 Å². The molecule has 1 heterocycles. The van der Waals surface area contributed by atoms with E-state index in [4.69, 9.17) is 0 Å². The summed E-state index contributed by atoms with van der Waals surface area (Å²) in [7, 11) is -1.38. The molecule has 1 aliphatic heterocycles. The lowest BCUT2D eigenvalue weighted by atomic mass is 9.77. The molecule has 2 rings (SSSR count). The van der Waals surface area contributed by atoms with E-state index in [0.717, 1.165) is 12.1 Å². The van der Waals surface area contributed by atoms with Crippen LogP contribution in [0.4, 0.5) is 0 Å². The quantitative estimate of drug-likeness (QED) is 0.757. The Morgan fingerprint density at radius 2 is 1.76 bits per heavy atom. The molecule has 0 amide bonds. The van der Waals surface area contributed by atoms with Gasteiger partial charge in [0.1, 0.15) is 0 Å². The monoisotopic (exact) mass is 233 g/mol. The number of benzene rings is 1. The van der Waals surface area contributed by atoms with Crippen LogP contribution in [0.2, 0.25) is 0 Å². The summed E-state index contributed by atoms with van der Waals surface area (Å²) in [4.78, 5) is 2.43. The minimum absolute atomic E-state index is 0.578. The summed E-state index contributed by atoms with van der Waals surface area (Å²) >= 11 is 0. The standard InChI is InChI=1S/C13H20BNO2/c1-10-7-8-11(2)15(10)9-12-5-3-4-6-13(12)14(16)17/h3-6,10-11,16-17H,7-9H2,1-2H3/t10-,11-/m0/s1. The van der Waals surface area contributed by atoms with E-state index in [1.807, 2.05) is 18.2 Å². The van der Waals surface area contributed by atoms with Crippen LogP contribution in [0.25, 0.3) is 0 Å². The third kappa shape index (κ3) is 2.71. The molecule has 3 nitrogen and oxygen atoms in total. The van der Waals surface area contributed by atoms with Crippen molar-refractivity contribution in [2.45, 2.75) is 45.3 Å². The van der Waals surface area contributed by atoms with Crippen LogP contribution < -0.4 is 5.46 Å². The molecule has 0 bridgehead atoms. The summed E-state index contributed by atoms with van der Waals surface area (Å²) in [6.45, 7) is 5.28. The van der Waals surface area contributed by atoms with Crippen molar-refractivity contribution in [3.63, 3.8) is 0 Å². The number of hydrogen-bond acceptors (Lipinski definition) is 3. The summed E-state index contributed by atoms with van der Waals surface area (Å²) in [5.41, 5.74) is 1.64. The van der Waals surface area contributed by atoms with Crippen molar-refractivity contribution in [1.82, 2.24) is 4.90 Å². The molecule has 2 atom stereocenters. The molecule has 0 aromatic heterocycles. The highest BCUT2D eigenvalue weighted by Gasteiger charge is 2.28. The Bertz CT molecular complexity index is 373. The molecule has 1 aliphatic rings. The van der Waals surface area contributed by atoms with Gasteiger partial charge in [-0.25, -0.2) is 0 Å². The molecule has 92 valence electrons. The van der Waals surface area contributed by atoms with Crippen LogP contribution >= 0.6 is 0 Å². The van der Waals surface area contributed by atoms with Crippen molar-refractivity contribution in [1.29, 1.82) is 0 Å². The average molecular weight is 233 g/mol. The molecular weight excluding hydrogens is 213 g/mol. The van der Waals surface area contributed by atoms with E-state index in [9.17, 15) is 10.0 Å². The fraction of sp³-hybridized carbons (Fsp3) is 0.538. The molecule has 1 saturated heterocycles. The third-order valence-corrected chi connectivity index (χ3v) is 3.82. The van der Waals surface area contributed by atoms with Crippen LogP contribution in [-0.2, 0) is 6.54 Å². The van der Waals surface area contributed by atoms with E-state index in [2.05, 4.69) is 18.7 Å². The predicted molar refractivity (Wildman–Crippen MR) is 70.0 cm³/mol. The second kappa shape index (κ2) is 5.21. The smallest absolute Gasteiger partial charge is 0.423 e. The summed E-state index contributed by atoms with van der Waals surface area (Å²) in [6.07, 6.45) is 2.45. The average Bonchev–Trinajstić information content (AvgIpc) is 2.61.